The van der Waals surface area contributed by atoms with Crippen LogP contribution in [0.2, 0.25) is 0 Å². The molecule has 3 aromatic carbocycles. The van der Waals surface area contributed by atoms with Gasteiger partial charge in [-0.15, -0.1) is 0 Å². The fourth-order valence-corrected chi connectivity index (χ4v) is 6.52. The van der Waals surface area contributed by atoms with Crippen molar-refractivity contribution in [2.45, 2.75) is 50.5 Å². The maximum atomic E-state index is 13.4. The number of amides is 1. The van der Waals surface area contributed by atoms with E-state index in [0.717, 1.165) is 49.3 Å². The molecule has 1 fully saturated rings. The van der Waals surface area contributed by atoms with Crippen LogP contribution < -0.4 is 24.3 Å². The minimum atomic E-state index is -0.000936. The van der Waals surface area contributed by atoms with E-state index in [9.17, 15) is 4.79 Å². The van der Waals surface area contributed by atoms with E-state index >= 15 is 0 Å². The molecular weight excluding hydrogens is 528 g/mol. The molecule has 1 saturated carbocycles. The Kier molecular flexibility index (Phi) is 8.56. The highest BCUT2D eigenvalue weighted by atomic mass is 16.5. The standard InChI is InChI=1S/C35H42N2O5/c1-39-31-13-10-24(17-32(31)40-2)16-30-29-19-34(42-22-23-8-9-23)33(41-3)18-26(29)14-15-37(30)21-35(38)36-20-27-12-11-25-6-4-5-7-28(25)27/h4-7,10,13,17-19,23,27,30H,8-9,11-12,14-16,20-22H2,1-3H3,(H,36,38). The quantitative estimate of drug-likeness (QED) is 0.311. The van der Waals surface area contributed by atoms with E-state index in [-0.39, 0.29) is 11.9 Å². The lowest BCUT2D eigenvalue weighted by Gasteiger charge is -2.37. The van der Waals surface area contributed by atoms with Gasteiger partial charge in [0.05, 0.1) is 34.5 Å². The Hall–Kier alpha value is -3.71. The first-order valence-electron chi connectivity index (χ1n) is 15.2. The predicted molar refractivity (Wildman–Crippen MR) is 163 cm³/mol. The number of fused-ring (bicyclic) bond motifs is 2. The van der Waals surface area contributed by atoms with Crippen molar-refractivity contribution >= 4 is 5.91 Å². The van der Waals surface area contributed by atoms with Crippen molar-refractivity contribution in [1.82, 2.24) is 10.2 Å². The Labute approximate surface area is 249 Å². The minimum absolute atomic E-state index is 0.000936. The second-order valence-corrected chi connectivity index (χ2v) is 11.8. The summed E-state index contributed by atoms with van der Waals surface area (Å²) in [5, 5.41) is 3.26. The lowest BCUT2D eigenvalue weighted by Crippen LogP contribution is -2.44. The van der Waals surface area contributed by atoms with Crippen LogP contribution in [0.1, 0.15) is 59.0 Å². The van der Waals surface area contributed by atoms with Gasteiger partial charge in [-0.2, -0.15) is 0 Å². The number of aryl methyl sites for hydroxylation is 1. The summed E-state index contributed by atoms with van der Waals surface area (Å²) in [6.07, 6.45) is 6.20. The SMILES string of the molecule is COc1ccc(CC2c3cc(OCC4CC4)c(OC)cc3CCN2CC(=O)NCC2CCc3ccccc32)cc1OC. The second kappa shape index (κ2) is 12.7. The molecule has 0 aromatic heterocycles. The van der Waals surface area contributed by atoms with Crippen LogP contribution in [0.3, 0.4) is 0 Å². The highest BCUT2D eigenvalue weighted by molar-refractivity contribution is 5.78. The molecule has 2 unspecified atom stereocenters. The van der Waals surface area contributed by atoms with Crippen molar-refractivity contribution in [3.05, 3.63) is 82.4 Å². The van der Waals surface area contributed by atoms with Crippen LogP contribution in [0.25, 0.3) is 0 Å². The van der Waals surface area contributed by atoms with Gasteiger partial charge >= 0.3 is 0 Å². The van der Waals surface area contributed by atoms with Gasteiger partial charge in [0.1, 0.15) is 0 Å². The van der Waals surface area contributed by atoms with Gasteiger partial charge in [0.2, 0.25) is 5.91 Å². The summed E-state index contributed by atoms with van der Waals surface area (Å²) >= 11 is 0. The van der Waals surface area contributed by atoms with E-state index < -0.39 is 0 Å². The van der Waals surface area contributed by atoms with Gasteiger partial charge in [-0.05, 0) is 96.5 Å². The van der Waals surface area contributed by atoms with Crippen LogP contribution in [-0.2, 0) is 24.1 Å². The minimum Gasteiger partial charge on any atom is -0.493 e. The molecule has 6 rings (SSSR count). The molecule has 1 aliphatic heterocycles. The Bertz CT molecular complexity index is 1420. The Morgan fingerprint density at radius 3 is 2.40 bits per heavy atom. The summed E-state index contributed by atoms with van der Waals surface area (Å²) in [6, 6.07) is 19.0. The molecule has 0 saturated heterocycles. The first-order valence-corrected chi connectivity index (χ1v) is 15.2. The van der Waals surface area contributed by atoms with E-state index in [1.165, 1.54) is 35.1 Å². The third-order valence-electron chi connectivity index (χ3n) is 9.09. The zero-order valence-electron chi connectivity index (χ0n) is 25.0. The van der Waals surface area contributed by atoms with Crippen molar-refractivity contribution < 1.29 is 23.7 Å². The third-order valence-corrected chi connectivity index (χ3v) is 9.09. The second-order valence-electron chi connectivity index (χ2n) is 11.8. The van der Waals surface area contributed by atoms with Crippen LogP contribution >= 0.6 is 0 Å². The number of methoxy groups -OCH3 is 3. The van der Waals surface area contributed by atoms with Gasteiger partial charge in [0.25, 0.3) is 0 Å². The maximum absolute atomic E-state index is 13.4. The summed E-state index contributed by atoms with van der Waals surface area (Å²) in [5.41, 5.74) is 6.35. The van der Waals surface area contributed by atoms with Gasteiger partial charge < -0.3 is 24.3 Å². The van der Waals surface area contributed by atoms with Gasteiger partial charge in [-0.25, -0.2) is 0 Å². The fourth-order valence-electron chi connectivity index (χ4n) is 6.52. The number of rotatable bonds is 12. The largest absolute Gasteiger partial charge is 0.493 e. The molecule has 1 amide bonds. The number of benzene rings is 3. The molecule has 2 atom stereocenters. The monoisotopic (exact) mass is 570 g/mol. The summed E-state index contributed by atoms with van der Waals surface area (Å²) in [6.45, 7) is 2.52. The third kappa shape index (κ3) is 6.21. The molecule has 222 valence electrons. The smallest absolute Gasteiger partial charge is 0.234 e. The molecular formula is C35H42N2O5. The predicted octanol–water partition coefficient (Wildman–Crippen LogP) is 5.49. The first kappa shape index (κ1) is 28.4. The summed E-state index contributed by atoms with van der Waals surface area (Å²) in [5.74, 6) is 4.06. The fraction of sp³-hybridized carbons (Fsp3) is 0.457. The molecule has 42 heavy (non-hydrogen) atoms. The van der Waals surface area contributed by atoms with Crippen molar-refractivity contribution in [2.75, 3.05) is 47.6 Å². The van der Waals surface area contributed by atoms with E-state index in [1.807, 2.05) is 12.1 Å². The van der Waals surface area contributed by atoms with E-state index in [0.29, 0.717) is 43.0 Å². The summed E-state index contributed by atoms with van der Waals surface area (Å²) in [7, 11) is 5.01. The zero-order valence-corrected chi connectivity index (χ0v) is 25.0. The Balaban J connectivity index is 1.23. The number of hydrogen-bond acceptors (Lipinski definition) is 6. The average molecular weight is 571 g/mol. The van der Waals surface area contributed by atoms with Crippen molar-refractivity contribution in [3.8, 4) is 23.0 Å². The Morgan fingerprint density at radius 1 is 0.833 bits per heavy atom. The summed E-state index contributed by atoms with van der Waals surface area (Å²) in [4.78, 5) is 15.7. The highest BCUT2D eigenvalue weighted by Crippen LogP contribution is 2.41. The average Bonchev–Trinajstić information content (AvgIpc) is 3.77. The van der Waals surface area contributed by atoms with Crippen LogP contribution in [0.5, 0.6) is 23.0 Å². The number of nitrogens with one attached hydrogen (secondary N) is 1. The lowest BCUT2D eigenvalue weighted by molar-refractivity contribution is -0.123. The number of ether oxygens (including phenoxy) is 4. The summed E-state index contributed by atoms with van der Waals surface area (Å²) < 4.78 is 23.1. The van der Waals surface area contributed by atoms with Gasteiger partial charge in [-0.3, -0.25) is 9.69 Å². The molecule has 7 nitrogen and oxygen atoms in total. The molecule has 0 radical (unpaired) electrons. The molecule has 1 heterocycles. The van der Waals surface area contributed by atoms with Crippen molar-refractivity contribution in [2.24, 2.45) is 5.92 Å². The van der Waals surface area contributed by atoms with E-state index in [2.05, 4.69) is 52.7 Å². The van der Waals surface area contributed by atoms with Crippen LogP contribution in [0, 0.1) is 5.92 Å². The van der Waals surface area contributed by atoms with E-state index in [4.69, 9.17) is 18.9 Å². The number of carbonyl (C=O) groups excluding carboxylic acids is 1. The molecule has 1 N–H and O–H groups in total. The van der Waals surface area contributed by atoms with Crippen molar-refractivity contribution in [3.63, 3.8) is 0 Å². The molecule has 3 aromatic rings. The molecule has 0 spiro atoms. The lowest BCUT2D eigenvalue weighted by atomic mass is 9.88. The number of nitrogens with zero attached hydrogens (tertiary/aromatic N) is 1. The number of carbonyl (C=O) groups is 1. The van der Waals surface area contributed by atoms with Crippen LogP contribution in [0.15, 0.2) is 54.6 Å². The van der Waals surface area contributed by atoms with Gasteiger partial charge in [0.15, 0.2) is 23.0 Å². The van der Waals surface area contributed by atoms with Crippen LogP contribution in [-0.4, -0.2) is 58.4 Å². The highest BCUT2D eigenvalue weighted by Gasteiger charge is 2.32. The topological polar surface area (TPSA) is 69.3 Å². The van der Waals surface area contributed by atoms with Crippen molar-refractivity contribution in [1.29, 1.82) is 0 Å². The molecule has 0 bridgehead atoms. The van der Waals surface area contributed by atoms with Gasteiger partial charge in [-0.1, -0.05) is 30.3 Å². The first-order chi connectivity index (χ1) is 20.6. The van der Waals surface area contributed by atoms with Crippen LogP contribution in [0.4, 0.5) is 0 Å². The van der Waals surface area contributed by atoms with Gasteiger partial charge in [0, 0.05) is 25.0 Å². The number of hydrogen-bond donors (Lipinski definition) is 1. The van der Waals surface area contributed by atoms with E-state index in [1.54, 1.807) is 21.3 Å². The molecule has 3 aliphatic rings. The maximum Gasteiger partial charge on any atom is 0.234 e. The Morgan fingerprint density at radius 2 is 1.62 bits per heavy atom. The molecule has 2 aliphatic carbocycles. The normalized spacial score (nSPS) is 19.5. The zero-order chi connectivity index (χ0) is 29.1. The molecule has 7 heteroatoms.